The van der Waals surface area contributed by atoms with Crippen molar-refractivity contribution in [2.75, 3.05) is 12.4 Å². The molecular formula is C19H16N4O4. The number of carbonyl (C=O) groups is 1. The molecule has 4 rings (SSSR count). The molecule has 1 atom stereocenters. The fourth-order valence-corrected chi connectivity index (χ4v) is 3.43. The van der Waals surface area contributed by atoms with E-state index in [9.17, 15) is 14.9 Å². The Morgan fingerprint density at radius 2 is 1.93 bits per heavy atom. The first-order valence-corrected chi connectivity index (χ1v) is 8.28. The third-order valence-electron chi connectivity index (χ3n) is 4.66. The fourth-order valence-electron chi connectivity index (χ4n) is 3.43. The molecule has 1 unspecified atom stereocenters. The molecule has 1 N–H and O–H groups in total. The van der Waals surface area contributed by atoms with Gasteiger partial charge in [-0.1, -0.05) is 12.1 Å². The quantitative estimate of drug-likeness (QED) is 0.434. The molecule has 0 spiro atoms. The van der Waals surface area contributed by atoms with Crippen LogP contribution in [0.3, 0.4) is 0 Å². The number of anilines is 1. The number of hydrogen-bond donors (Lipinski definition) is 1. The monoisotopic (exact) mass is 364 g/mol. The number of rotatable bonds is 3. The Labute approximate surface area is 154 Å². The summed E-state index contributed by atoms with van der Waals surface area (Å²) in [7, 11) is 1.33. The highest BCUT2D eigenvalue weighted by Gasteiger charge is 2.34. The van der Waals surface area contributed by atoms with Crippen LogP contribution in [0.2, 0.25) is 0 Å². The standard InChI is InChI=1S/C19H16N4O4/c1-11-16(18(24)27-2)17(12-7-9-13(10-8-12)23(25)26)22-15-6-4-3-5-14(15)21-19(22)20-11/h3-10,17H,1-2H3,(H,20,21). The molecule has 8 nitrogen and oxygen atoms in total. The summed E-state index contributed by atoms with van der Waals surface area (Å²) in [5.41, 5.74) is 3.41. The van der Waals surface area contributed by atoms with Gasteiger partial charge >= 0.3 is 5.97 Å². The molecule has 0 saturated heterocycles. The van der Waals surface area contributed by atoms with Crippen molar-refractivity contribution in [3.8, 4) is 0 Å². The molecule has 0 fully saturated rings. The minimum Gasteiger partial charge on any atom is -0.466 e. The zero-order chi connectivity index (χ0) is 19.1. The maximum absolute atomic E-state index is 12.5. The van der Waals surface area contributed by atoms with Gasteiger partial charge in [0.2, 0.25) is 5.95 Å². The first-order valence-electron chi connectivity index (χ1n) is 8.28. The maximum atomic E-state index is 12.5. The number of nitrogens with one attached hydrogen (secondary N) is 1. The first-order chi connectivity index (χ1) is 13.0. The molecule has 0 amide bonds. The number of allylic oxidation sites excluding steroid dienone is 1. The third-order valence-corrected chi connectivity index (χ3v) is 4.66. The Morgan fingerprint density at radius 3 is 2.59 bits per heavy atom. The van der Waals surface area contributed by atoms with Crippen molar-refractivity contribution in [2.45, 2.75) is 13.0 Å². The van der Waals surface area contributed by atoms with Crippen LogP contribution in [0.15, 0.2) is 59.8 Å². The molecule has 0 bridgehead atoms. The van der Waals surface area contributed by atoms with Crippen LogP contribution in [0.25, 0.3) is 11.0 Å². The van der Waals surface area contributed by atoms with Gasteiger partial charge in [0, 0.05) is 17.8 Å². The van der Waals surface area contributed by atoms with Crippen molar-refractivity contribution in [1.82, 2.24) is 9.55 Å². The summed E-state index contributed by atoms with van der Waals surface area (Å²) in [6.45, 7) is 1.79. The molecule has 1 aromatic heterocycles. The zero-order valence-electron chi connectivity index (χ0n) is 14.7. The molecule has 2 heterocycles. The number of esters is 1. The van der Waals surface area contributed by atoms with Gasteiger partial charge in [-0.2, -0.15) is 0 Å². The van der Waals surface area contributed by atoms with Gasteiger partial charge in [0.1, 0.15) is 0 Å². The highest BCUT2D eigenvalue weighted by molar-refractivity contribution is 5.94. The van der Waals surface area contributed by atoms with Crippen LogP contribution in [0, 0.1) is 10.1 Å². The number of ether oxygens (including phenoxy) is 1. The Balaban J connectivity index is 1.97. The number of aromatic nitrogens is 2. The molecule has 8 heteroatoms. The van der Waals surface area contributed by atoms with E-state index in [4.69, 9.17) is 4.74 Å². The van der Waals surface area contributed by atoms with Crippen LogP contribution in [-0.4, -0.2) is 27.6 Å². The summed E-state index contributed by atoms with van der Waals surface area (Å²) in [6, 6.07) is 13.3. The van der Waals surface area contributed by atoms with Gasteiger partial charge < -0.3 is 10.1 Å². The van der Waals surface area contributed by atoms with Gasteiger partial charge in [0.05, 0.1) is 34.7 Å². The largest absolute Gasteiger partial charge is 0.466 e. The van der Waals surface area contributed by atoms with Crippen molar-refractivity contribution >= 4 is 28.6 Å². The predicted molar refractivity (Wildman–Crippen MR) is 99.3 cm³/mol. The lowest BCUT2D eigenvalue weighted by molar-refractivity contribution is -0.384. The van der Waals surface area contributed by atoms with Crippen molar-refractivity contribution in [3.63, 3.8) is 0 Å². The smallest absolute Gasteiger partial charge is 0.337 e. The summed E-state index contributed by atoms with van der Waals surface area (Å²) in [5.74, 6) is 0.136. The summed E-state index contributed by atoms with van der Waals surface area (Å²) in [5, 5.41) is 14.2. The molecule has 3 aromatic rings. The Kier molecular flexibility index (Phi) is 3.88. The maximum Gasteiger partial charge on any atom is 0.337 e. The molecule has 0 aliphatic carbocycles. The highest BCUT2D eigenvalue weighted by atomic mass is 16.6. The Hall–Kier alpha value is -3.68. The van der Waals surface area contributed by atoms with Gasteiger partial charge in [-0.15, -0.1) is 0 Å². The van der Waals surface area contributed by atoms with Crippen LogP contribution in [0.4, 0.5) is 11.6 Å². The first kappa shape index (κ1) is 16.8. The molecule has 2 aromatic carbocycles. The topological polar surface area (TPSA) is 99.3 Å². The average molecular weight is 364 g/mol. The fraction of sp³-hybridized carbons (Fsp3) is 0.158. The van der Waals surface area contributed by atoms with E-state index < -0.39 is 16.9 Å². The summed E-state index contributed by atoms with van der Waals surface area (Å²) in [6.07, 6.45) is 0. The van der Waals surface area contributed by atoms with Gasteiger partial charge in [0.25, 0.3) is 5.69 Å². The number of nitro benzene ring substituents is 1. The van der Waals surface area contributed by atoms with Crippen LogP contribution in [-0.2, 0) is 9.53 Å². The molecule has 27 heavy (non-hydrogen) atoms. The molecule has 0 saturated carbocycles. The average Bonchev–Trinajstić information content (AvgIpc) is 3.04. The van der Waals surface area contributed by atoms with Crippen molar-refractivity contribution < 1.29 is 14.5 Å². The third kappa shape index (κ3) is 2.62. The van der Waals surface area contributed by atoms with E-state index in [1.165, 1.54) is 19.2 Å². The van der Waals surface area contributed by atoms with E-state index in [0.29, 0.717) is 17.2 Å². The molecule has 1 aliphatic heterocycles. The van der Waals surface area contributed by atoms with E-state index in [0.717, 1.165) is 16.6 Å². The van der Waals surface area contributed by atoms with Crippen LogP contribution in [0.1, 0.15) is 18.5 Å². The van der Waals surface area contributed by atoms with Gasteiger partial charge in [-0.05, 0) is 36.8 Å². The van der Waals surface area contributed by atoms with E-state index >= 15 is 0 Å². The second kappa shape index (κ2) is 6.24. The lowest BCUT2D eigenvalue weighted by atomic mass is 9.95. The van der Waals surface area contributed by atoms with Gasteiger partial charge in [0.15, 0.2) is 0 Å². The van der Waals surface area contributed by atoms with Crippen LogP contribution in [0.5, 0.6) is 0 Å². The van der Waals surface area contributed by atoms with E-state index in [1.807, 2.05) is 28.8 Å². The molecule has 1 aliphatic rings. The van der Waals surface area contributed by atoms with E-state index in [2.05, 4.69) is 10.3 Å². The minimum atomic E-state index is -0.512. The Bertz CT molecular complexity index is 1100. The number of nitro groups is 1. The number of hydrogen-bond acceptors (Lipinski definition) is 6. The van der Waals surface area contributed by atoms with Gasteiger partial charge in [-0.3, -0.25) is 14.7 Å². The Morgan fingerprint density at radius 1 is 1.22 bits per heavy atom. The molecular weight excluding hydrogens is 348 g/mol. The number of carbonyl (C=O) groups excluding carboxylic acids is 1. The lowest BCUT2D eigenvalue weighted by Gasteiger charge is -2.29. The van der Waals surface area contributed by atoms with Crippen molar-refractivity contribution in [2.24, 2.45) is 0 Å². The number of imidazole rings is 1. The minimum absolute atomic E-state index is 0.0104. The predicted octanol–water partition coefficient (Wildman–Crippen LogP) is 3.41. The number of non-ortho nitro benzene ring substituents is 1. The van der Waals surface area contributed by atoms with Crippen LogP contribution < -0.4 is 5.32 Å². The van der Waals surface area contributed by atoms with Crippen molar-refractivity contribution in [3.05, 3.63) is 75.5 Å². The number of para-hydroxylation sites is 2. The molecule has 0 radical (unpaired) electrons. The number of fused-ring (bicyclic) bond motifs is 3. The molecule has 136 valence electrons. The number of benzene rings is 2. The second-order valence-corrected chi connectivity index (χ2v) is 6.20. The number of methoxy groups -OCH3 is 1. The van der Waals surface area contributed by atoms with Crippen LogP contribution >= 0.6 is 0 Å². The number of nitrogens with zero attached hydrogens (tertiary/aromatic N) is 3. The van der Waals surface area contributed by atoms with Crippen molar-refractivity contribution in [1.29, 1.82) is 0 Å². The summed E-state index contributed by atoms with van der Waals surface area (Å²) in [4.78, 5) is 27.7. The lowest BCUT2D eigenvalue weighted by Crippen LogP contribution is -2.28. The van der Waals surface area contributed by atoms with E-state index in [-0.39, 0.29) is 5.69 Å². The highest BCUT2D eigenvalue weighted by Crippen LogP contribution is 2.39. The SMILES string of the molecule is COC(=O)C1=C(C)Nc2nc3ccccc3n2C1c1ccc([N+](=O)[O-])cc1. The normalized spacial score (nSPS) is 16.0. The second-order valence-electron chi connectivity index (χ2n) is 6.20. The summed E-state index contributed by atoms with van der Waals surface area (Å²) >= 11 is 0. The van der Waals surface area contributed by atoms with E-state index in [1.54, 1.807) is 19.1 Å². The zero-order valence-corrected chi connectivity index (χ0v) is 14.7. The summed E-state index contributed by atoms with van der Waals surface area (Å²) < 4.78 is 6.91. The van der Waals surface area contributed by atoms with Gasteiger partial charge in [-0.25, -0.2) is 9.78 Å².